The van der Waals surface area contributed by atoms with Crippen molar-refractivity contribution >= 4 is 34.3 Å². The zero-order chi connectivity index (χ0) is 12.3. The summed E-state index contributed by atoms with van der Waals surface area (Å²) >= 11 is 2.12. The van der Waals surface area contributed by atoms with Gasteiger partial charge in [0, 0.05) is 16.0 Å². The van der Waals surface area contributed by atoms with Crippen LogP contribution in [-0.4, -0.2) is 21.0 Å². The van der Waals surface area contributed by atoms with E-state index in [0.29, 0.717) is 5.82 Å². The largest absolute Gasteiger partial charge is 0.505 e. The van der Waals surface area contributed by atoms with Crippen LogP contribution in [0, 0.1) is 3.57 Å². The second-order valence-corrected chi connectivity index (χ2v) is 4.45. The molecule has 2 rings (SSSR count). The van der Waals surface area contributed by atoms with E-state index in [1.807, 2.05) is 6.07 Å². The quantitative estimate of drug-likeness (QED) is 0.820. The monoisotopic (exact) mass is 341 g/mol. The molecule has 0 radical (unpaired) electrons. The summed E-state index contributed by atoms with van der Waals surface area (Å²) in [7, 11) is 0. The Morgan fingerprint density at radius 3 is 2.76 bits per heavy atom. The first-order chi connectivity index (χ1) is 8.16. The van der Waals surface area contributed by atoms with E-state index < -0.39 is 5.91 Å². The fourth-order valence-corrected chi connectivity index (χ4v) is 1.53. The van der Waals surface area contributed by atoms with E-state index >= 15 is 0 Å². The minimum Gasteiger partial charge on any atom is -0.505 e. The van der Waals surface area contributed by atoms with Crippen LogP contribution in [0.2, 0.25) is 0 Å². The van der Waals surface area contributed by atoms with Gasteiger partial charge < -0.3 is 10.4 Å². The van der Waals surface area contributed by atoms with Gasteiger partial charge in [0.25, 0.3) is 5.91 Å². The molecule has 86 valence electrons. The van der Waals surface area contributed by atoms with E-state index in [-0.39, 0.29) is 11.3 Å². The zero-order valence-corrected chi connectivity index (χ0v) is 10.7. The highest BCUT2D eigenvalue weighted by Gasteiger charge is 2.11. The highest BCUT2D eigenvalue weighted by molar-refractivity contribution is 14.1. The van der Waals surface area contributed by atoms with Crippen molar-refractivity contribution in [2.24, 2.45) is 0 Å². The summed E-state index contributed by atoms with van der Waals surface area (Å²) in [5.41, 5.74) is 0.167. The van der Waals surface area contributed by atoms with Gasteiger partial charge in [-0.25, -0.2) is 4.98 Å². The van der Waals surface area contributed by atoms with Crippen LogP contribution in [0.5, 0.6) is 5.75 Å². The third-order valence-corrected chi connectivity index (χ3v) is 2.65. The summed E-state index contributed by atoms with van der Waals surface area (Å²) in [6.45, 7) is 0. The van der Waals surface area contributed by atoms with Crippen LogP contribution in [0.3, 0.4) is 0 Å². The first-order valence-electron chi connectivity index (χ1n) is 4.72. The molecule has 0 saturated heterocycles. The number of carbonyl (C=O) groups is 1. The van der Waals surface area contributed by atoms with Gasteiger partial charge in [0.05, 0.1) is 11.8 Å². The minimum absolute atomic E-state index is 0.157. The number of carbonyl (C=O) groups excluding carboxylic acids is 1. The highest BCUT2D eigenvalue weighted by Crippen LogP contribution is 2.15. The molecule has 0 atom stereocenters. The maximum Gasteiger partial charge on any atom is 0.260 e. The van der Waals surface area contributed by atoms with Crippen LogP contribution in [0.1, 0.15) is 10.4 Å². The number of anilines is 1. The topological polar surface area (TPSA) is 75.1 Å². The Labute approximate surface area is 111 Å². The molecule has 0 fully saturated rings. The summed E-state index contributed by atoms with van der Waals surface area (Å²) in [4.78, 5) is 19.5. The molecule has 17 heavy (non-hydrogen) atoms. The predicted molar refractivity (Wildman–Crippen MR) is 70.8 cm³/mol. The second-order valence-electron chi connectivity index (χ2n) is 3.21. The van der Waals surface area contributed by atoms with Crippen LogP contribution in [0.25, 0.3) is 0 Å². The third-order valence-electron chi connectivity index (χ3n) is 2.01. The first-order valence-corrected chi connectivity index (χ1v) is 5.80. The zero-order valence-electron chi connectivity index (χ0n) is 8.59. The summed E-state index contributed by atoms with van der Waals surface area (Å²) in [5.74, 6) is -0.138. The molecule has 6 heteroatoms. The van der Waals surface area contributed by atoms with Crippen molar-refractivity contribution in [2.75, 3.05) is 5.32 Å². The molecule has 1 amide bonds. The van der Waals surface area contributed by atoms with Gasteiger partial charge in [-0.3, -0.25) is 9.78 Å². The summed E-state index contributed by atoms with van der Waals surface area (Å²) < 4.78 is 0.979. The number of halogens is 1. The van der Waals surface area contributed by atoms with Crippen molar-refractivity contribution in [1.82, 2.24) is 9.97 Å². The Bertz CT molecular complexity index is 543. The normalized spacial score (nSPS) is 9.94. The number of aromatic hydroxyl groups is 1. The van der Waals surface area contributed by atoms with Gasteiger partial charge in [-0.2, -0.15) is 0 Å². The fraction of sp³-hybridized carbons (Fsp3) is 0. The predicted octanol–water partition coefficient (Wildman–Crippen LogP) is 2.04. The molecule has 0 aliphatic carbocycles. The Balaban J connectivity index is 2.17. The minimum atomic E-state index is -0.418. The molecule has 2 aromatic heterocycles. The number of aromatic nitrogens is 2. The van der Waals surface area contributed by atoms with Crippen molar-refractivity contribution in [3.8, 4) is 5.75 Å². The van der Waals surface area contributed by atoms with Gasteiger partial charge in [-0.05, 0) is 40.8 Å². The Kier molecular flexibility index (Phi) is 3.52. The molecule has 5 nitrogen and oxygen atoms in total. The molecule has 0 aliphatic heterocycles. The molecule has 2 aromatic rings. The highest BCUT2D eigenvalue weighted by atomic mass is 127. The van der Waals surface area contributed by atoms with Gasteiger partial charge >= 0.3 is 0 Å². The smallest absolute Gasteiger partial charge is 0.260 e. The number of pyridine rings is 2. The lowest BCUT2D eigenvalue weighted by atomic mass is 10.2. The summed E-state index contributed by atoms with van der Waals surface area (Å²) in [5, 5.41) is 12.0. The standard InChI is InChI=1S/C11H8IN3O2/c12-7-1-2-10(14-5-7)15-11(17)8-3-4-13-6-9(8)16/h1-6,16H,(H,14,15,17). The molecular formula is C11H8IN3O2. The van der Waals surface area contributed by atoms with Crippen LogP contribution in [0.15, 0.2) is 36.8 Å². The van der Waals surface area contributed by atoms with Crippen molar-refractivity contribution in [3.05, 3.63) is 45.9 Å². The SMILES string of the molecule is O=C(Nc1ccc(I)cn1)c1ccncc1O. The van der Waals surface area contributed by atoms with E-state index in [1.54, 1.807) is 12.3 Å². The van der Waals surface area contributed by atoms with Gasteiger partial charge in [0.2, 0.25) is 0 Å². The lowest BCUT2D eigenvalue weighted by Gasteiger charge is -2.05. The number of amides is 1. The Morgan fingerprint density at radius 2 is 2.12 bits per heavy atom. The molecule has 0 aromatic carbocycles. The average molecular weight is 341 g/mol. The molecule has 0 spiro atoms. The van der Waals surface area contributed by atoms with E-state index in [2.05, 4.69) is 37.9 Å². The molecular weight excluding hydrogens is 333 g/mol. The molecule has 2 heterocycles. The maximum atomic E-state index is 11.8. The van der Waals surface area contributed by atoms with Gasteiger partial charge in [0.15, 0.2) is 0 Å². The number of hydrogen-bond acceptors (Lipinski definition) is 4. The van der Waals surface area contributed by atoms with Crippen molar-refractivity contribution in [2.45, 2.75) is 0 Å². The lowest BCUT2D eigenvalue weighted by Crippen LogP contribution is -2.13. The lowest BCUT2D eigenvalue weighted by molar-refractivity contribution is 0.102. The number of nitrogens with one attached hydrogen (secondary N) is 1. The van der Waals surface area contributed by atoms with Crippen molar-refractivity contribution in [3.63, 3.8) is 0 Å². The fourth-order valence-electron chi connectivity index (χ4n) is 1.21. The third kappa shape index (κ3) is 2.90. The van der Waals surface area contributed by atoms with Crippen molar-refractivity contribution < 1.29 is 9.90 Å². The van der Waals surface area contributed by atoms with Crippen molar-refractivity contribution in [1.29, 1.82) is 0 Å². The average Bonchev–Trinajstić information content (AvgIpc) is 2.32. The Morgan fingerprint density at radius 1 is 1.29 bits per heavy atom. The van der Waals surface area contributed by atoms with E-state index in [4.69, 9.17) is 0 Å². The van der Waals surface area contributed by atoms with Crippen LogP contribution in [0.4, 0.5) is 5.82 Å². The summed E-state index contributed by atoms with van der Waals surface area (Å²) in [6, 6.07) is 4.96. The summed E-state index contributed by atoms with van der Waals surface area (Å²) in [6.07, 6.45) is 4.30. The molecule has 0 aliphatic rings. The second kappa shape index (κ2) is 5.09. The molecule has 0 saturated carbocycles. The van der Waals surface area contributed by atoms with E-state index in [0.717, 1.165) is 3.57 Å². The molecule has 0 unspecified atom stereocenters. The van der Waals surface area contributed by atoms with Gasteiger partial charge in [0.1, 0.15) is 11.6 Å². The first kappa shape index (κ1) is 11.8. The van der Waals surface area contributed by atoms with E-state index in [1.165, 1.54) is 18.5 Å². The number of hydrogen-bond donors (Lipinski definition) is 2. The van der Waals surface area contributed by atoms with Gasteiger partial charge in [-0.15, -0.1) is 0 Å². The van der Waals surface area contributed by atoms with Gasteiger partial charge in [-0.1, -0.05) is 0 Å². The van der Waals surface area contributed by atoms with Crippen LogP contribution >= 0.6 is 22.6 Å². The number of nitrogens with zero attached hydrogens (tertiary/aromatic N) is 2. The maximum absolute atomic E-state index is 11.8. The van der Waals surface area contributed by atoms with Crippen LogP contribution in [-0.2, 0) is 0 Å². The molecule has 0 bridgehead atoms. The van der Waals surface area contributed by atoms with E-state index in [9.17, 15) is 9.90 Å². The number of rotatable bonds is 2. The van der Waals surface area contributed by atoms with Crippen LogP contribution < -0.4 is 5.32 Å². The Hall–Kier alpha value is -1.70. The molecule has 2 N–H and O–H groups in total.